The Morgan fingerprint density at radius 2 is 2.26 bits per heavy atom. The lowest BCUT2D eigenvalue weighted by molar-refractivity contribution is 0.401. The normalized spacial score (nSPS) is 12.9. The fourth-order valence-corrected chi connectivity index (χ4v) is 2.15. The molecule has 1 unspecified atom stereocenters. The molecule has 3 rings (SSSR count). The maximum atomic E-state index is 5.87. The number of hydrogen-bond donors (Lipinski definition) is 1. The third-order valence-corrected chi connectivity index (χ3v) is 3.17. The molecule has 0 saturated carbocycles. The van der Waals surface area contributed by atoms with E-state index in [9.17, 15) is 0 Å². The van der Waals surface area contributed by atoms with Crippen LogP contribution in [-0.4, -0.2) is 27.3 Å². The number of furan rings is 1. The first-order chi connectivity index (χ1) is 9.36. The minimum atomic E-state index is 0.150. The minimum Gasteiger partial charge on any atom is -0.459 e. The number of benzene rings is 1. The van der Waals surface area contributed by atoms with Crippen molar-refractivity contribution in [3.05, 3.63) is 42.4 Å². The molecule has 6 nitrogen and oxygen atoms in total. The van der Waals surface area contributed by atoms with Crippen molar-refractivity contribution in [3.63, 3.8) is 0 Å². The van der Waals surface area contributed by atoms with Crippen molar-refractivity contribution in [2.75, 3.05) is 7.05 Å². The lowest BCUT2D eigenvalue weighted by Crippen LogP contribution is -2.18. The van der Waals surface area contributed by atoms with Crippen LogP contribution >= 0.6 is 0 Å². The first-order valence-corrected chi connectivity index (χ1v) is 6.23. The van der Waals surface area contributed by atoms with Crippen LogP contribution in [-0.2, 0) is 6.54 Å². The van der Waals surface area contributed by atoms with E-state index in [-0.39, 0.29) is 6.04 Å². The summed E-state index contributed by atoms with van der Waals surface area (Å²) in [5.41, 5.74) is 0.917. The topological polar surface area (TPSA) is 68.8 Å². The van der Waals surface area contributed by atoms with E-state index < -0.39 is 0 Å². The van der Waals surface area contributed by atoms with Gasteiger partial charge in [0.25, 0.3) is 0 Å². The van der Waals surface area contributed by atoms with Crippen LogP contribution in [0.15, 0.2) is 41.1 Å². The average molecular weight is 257 g/mol. The molecule has 0 fully saturated rings. The van der Waals surface area contributed by atoms with Gasteiger partial charge >= 0.3 is 0 Å². The third kappa shape index (κ3) is 2.48. The number of hydrogen-bond acceptors (Lipinski definition) is 5. The molecule has 1 aromatic carbocycles. The zero-order valence-electron chi connectivity index (χ0n) is 10.7. The highest BCUT2D eigenvalue weighted by molar-refractivity contribution is 5.77. The van der Waals surface area contributed by atoms with E-state index in [1.165, 1.54) is 0 Å². The molecule has 1 atom stereocenters. The molecule has 98 valence electrons. The van der Waals surface area contributed by atoms with E-state index >= 15 is 0 Å². The lowest BCUT2D eigenvalue weighted by atomic mass is 10.1. The minimum absolute atomic E-state index is 0.150. The highest BCUT2D eigenvalue weighted by Crippen LogP contribution is 2.25. The highest BCUT2D eigenvalue weighted by Gasteiger charge is 2.14. The van der Waals surface area contributed by atoms with Crippen LogP contribution < -0.4 is 5.32 Å². The molecule has 2 aromatic heterocycles. The van der Waals surface area contributed by atoms with Crippen molar-refractivity contribution in [2.45, 2.75) is 19.0 Å². The molecule has 0 aliphatic heterocycles. The second-order valence-electron chi connectivity index (χ2n) is 4.39. The van der Waals surface area contributed by atoms with Crippen LogP contribution in [0, 0.1) is 0 Å². The molecule has 0 saturated heterocycles. The SMILES string of the molecule is CNC(CCn1cnnn1)c1cc2ccccc2o1. The first kappa shape index (κ1) is 11.9. The fourth-order valence-electron chi connectivity index (χ4n) is 2.15. The molecule has 0 spiro atoms. The third-order valence-electron chi connectivity index (χ3n) is 3.17. The Hall–Kier alpha value is -2.21. The number of aromatic nitrogens is 4. The van der Waals surface area contributed by atoms with Crippen molar-refractivity contribution in [2.24, 2.45) is 0 Å². The van der Waals surface area contributed by atoms with Crippen LogP contribution in [0.1, 0.15) is 18.2 Å². The van der Waals surface area contributed by atoms with Gasteiger partial charge in [0.2, 0.25) is 0 Å². The fraction of sp³-hybridized carbons (Fsp3) is 0.308. The smallest absolute Gasteiger partial charge is 0.138 e. The van der Waals surface area contributed by atoms with Gasteiger partial charge in [-0.15, -0.1) is 5.10 Å². The van der Waals surface area contributed by atoms with Crippen LogP contribution in [0.2, 0.25) is 0 Å². The van der Waals surface area contributed by atoms with Crippen molar-refractivity contribution in [1.29, 1.82) is 0 Å². The Morgan fingerprint density at radius 3 is 3.00 bits per heavy atom. The summed E-state index contributed by atoms with van der Waals surface area (Å²) in [5, 5.41) is 15.5. The number of fused-ring (bicyclic) bond motifs is 1. The molecule has 1 N–H and O–H groups in total. The highest BCUT2D eigenvalue weighted by atomic mass is 16.3. The summed E-state index contributed by atoms with van der Waals surface area (Å²) >= 11 is 0. The Morgan fingerprint density at radius 1 is 1.37 bits per heavy atom. The monoisotopic (exact) mass is 257 g/mol. The predicted molar refractivity (Wildman–Crippen MR) is 70.4 cm³/mol. The van der Waals surface area contributed by atoms with Crippen LogP contribution in [0.4, 0.5) is 0 Å². The molecular weight excluding hydrogens is 242 g/mol. The van der Waals surface area contributed by atoms with Crippen molar-refractivity contribution >= 4 is 11.0 Å². The van der Waals surface area contributed by atoms with E-state index in [0.29, 0.717) is 0 Å². The quantitative estimate of drug-likeness (QED) is 0.754. The molecule has 2 heterocycles. The van der Waals surface area contributed by atoms with Gasteiger partial charge in [0.1, 0.15) is 17.7 Å². The summed E-state index contributed by atoms with van der Waals surface area (Å²) in [5.74, 6) is 0.941. The summed E-state index contributed by atoms with van der Waals surface area (Å²) in [6, 6.07) is 10.2. The lowest BCUT2D eigenvalue weighted by Gasteiger charge is -2.12. The summed E-state index contributed by atoms with van der Waals surface area (Å²) < 4.78 is 7.58. The van der Waals surface area contributed by atoms with Crippen molar-refractivity contribution < 1.29 is 4.42 Å². The summed E-state index contributed by atoms with van der Waals surface area (Å²) in [4.78, 5) is 0. The zero-order chi connectivity index (χ0) is 13.1. The van der Waals surface area contributed by atoms with Crippen LogP contribution in [0.25, 0.3) is 11.0 Å². The summed E-state index contributed by atoms with van der Waals surface area (Å²) in [6.07, 6.45) is 2.48. The summed E-state index contributed by atoms with van der Waals surface area (Å²) in [6.45, 7) is 0.746. The van der Waals surface area contributed by atoms with Crippen LogP contribution in [0.3, 0.4) is 0 Å². The van der Waals surface area contributed by atoms with Gasteiger partial charge in [0.15, 0.2) is 0 Å². The average Bonchev–Trinajstić information content (AvgIpc) is 3.08. The molecule has 0 aliphatic carbocycles. The number of tetrazole rings is 1. The zero-order valence-corrected chi connectivity index (χ0v) is 10.7. The maximum absolute atomic E-state index is 5.87. The number of nitrogens with zero attached hydrogens (tertiary/aromatic N) is 4. The van der Waals surface area contributed by atoms with Gasteiger partial charge in [0, 0.05) is 11.9 Å². The number of aryl methyl sites for hydroxylation is 1. The van der Waals surface area contributed by atoms with Crippen molar-refractivity contribution in [3.8, 4) is 0 Å². The Kier molecular flexibility index (Phi) is 3.24. The van der Waals surface area contributed by atoms with Gasteiger partial charge in [0.05, 0.1) is 6.04 Å². The molecular formula is C13H15N5O. The summed E-state index contributed by atoms with van der Waals surface area (Å²) in [7, 11) is 1.93. The molecule has 3 aromatic rings. The van der Waals surface area contributed by atoms with E-state index in [0.717, 1.165) is 29.7 Å². The van der Waals surface area contributed by atoms with Gasteiger partial charge in [-0.25, -0.2) is 4.68 Å². The Labute approximate surface area is 110 Å². The molecule has 6 heteroatoms. The number of nitrogens with one attached hydrogen (secondary N) is 1. The van der Waals surface area contributed by atoms with Crippen LogP contribution in [0.5, 0.6) is 0 Å². The molecule has 0 amide bonds. The van der Waals surface area contributed by atoms with Gasteiger partial charge in [-0.1, -0.05) is 18.2 Å². The van der Waals surface area contributed by atoms with Gasteiger partial charge in [-0.05, 0) is 36.0 Å². The molecule has 19 heavy (non-hydrogen) atoms. The van der Waals surface area contributed by atoms with E-state index in [4.69, 9.17) is 4.42 Å². The number of para-hydroxylation sites is 1. The second kappa shape index (κ2) is 5.19. The standard InChI is InChI=1S/C13H15N5O/c1-14-11(6-7-18-9-15-16-17-18)13-8-10-4-2-3-5-12(10)19-13/h2-5,8-9,11,14H,6-7H2,1H3. The van der Waals surface area contributed by atoms with Crippen molar-refractivity contribution in [1.82, 2.24) is 25.5 Å². The Bertz CT molecular complexity index is 613. The largest absolute Gasteiger partial charge is 0.459 e. The molecule has 0 radical (unpaired) electrons. The first-order valence-electron chi connectivity index (χ1n) is 6.23. The maximum Gasteiger partial charge on any atom is 0.138 e. The van der Waals surface area contributed by atoms with Gasteiger partial charge < -0.3 is 9.73 Å². The second-order valence-corrected chi connectivity index (χ2v) is 4.39. The molecule has 0 bridgehead atoms. The Balaban J connectivity index is 1.77. The van der Waals surface area contributed by atoms with Gasteiger partial charge in [-0.3, -0.25) is 0 Å². The van der Waals surface area contributed by atoms with E-state index in [1.54, 1.807) is 11.0 Å². The molecule has 0 aliphatic rings. The predicted octanol–water partition coefficient (Wildman–Crippen LogP) is 1.77. The van der Waals surface area contributed by atoms with E-state index in [1.807, 2.05) is 25.2 Å². The van der Waals surface area contributed by atoms with Gasteiger partial charge in [-0.2, -0.15) is 0 Å². The van der Waals surface area contributed by atoms with E-state index in [2.05, 4.69) is 33.0 Å². The number of rotatable bonds is 5.